The van der Waals surface area contributed by atoms with Gasteiger partial charge in [-0.15, -0.1) is 0 Å². The van der Waals surface area contributed by atoms with Gasteiger partial charge in [0.1, 0.15) is 5.82 Å². The molecule has 4 rings (SSSR count). The first-order chi connectivity index (χ1) is 16.0. The molecule has 0 radical (unpaired) electrons. The third kappa shape index (κ3) is 4.89. The highest BCUT2D eigenvalue weighted by Crippen LogP contribution is 2.25. The number of para-hydroxylation sites is 2. The van der Waals surface area contributed by atoms with Gasteiger partial charge in [0, 0.05) is 0 Å². The van der Waals surface area contributed by atoms with Crippen LogP contribution >= 0.6 is 23.4 Å². The first kappa shape index (κ1) is 22.5. The number of nitrogens with one attached hydrogen (secondary N) is 2. The number of aromatic nitrogens is 2. The molecule has 0 aliphatic carbocycles. The molecule has 33 heavy (non-hydrogen) atoms. The molecule has 2 amide bonds. The van der Waals surface area contributed by atoms with Crippen molar-refractivity contribution in [3.05, 3.63) is 99.6 Å². The van der Waals surface area contributed by atoms with Crippen LogP contribution in [0.25, 0.3) is 16.6 Å². The zero-order valence-corrected chi connectivity index (χ0v) is 18.5. The standard InChI is InChI=1S/C23H16ClFN4O3S/c24-16-9-3-6-12-19(16)29-22(32)15-8-2-5-11-18(15)26-23(29)33-13-20(30)27-28-21(31)14-7-1-4-10-17(14)25/h1-12H,13H2,(H,27,30)(H,28,31). The Bertz CT molecular complexity index is 1430. The van der Waals surface area contributed by atoms with Crippen LogP contribution in [0, 0.1) is 5.82 Å². The molecule has 0 atom stereocenters. The Balaban J connectivity index is 1.56. The van der Waals surface area contributed by atoms with Gasteiger partial charge in [-0.1, -0.05) is 59.8 Å². The van der Waals surface area contributed by atoms with Crippen LogP contribution in [0.3, 0.4) is 0 Å². The van der Waals surface area contributed by atoms with E-state index in [2.05, 4.69) is 15.8 Å². The van der Waals surface area contributed by atoms with E-state index < -0.39 is 17.6 Å². The maximum absolute atomic E-state index is 13.7. The molecular weight excluding hydrogens is 467 g/mol. The number of hydrazine groups is 1. The number of halogens is 2. The van der Waals surface area contributed by atoms with E-state index in [1.165, 1.54) is 22.8 Å². The van der Waals surface area contributed by atoms with E-state index in [4.69, 9.17) is 11.6 Å². The van der Waals surface area contributed by atoms with E-state index in [1.54, 1.807) is 48.5 Å². The molecule has 0 aliphatic heterocycles. The number of benzene rings is 3. The molecular formula is C23H16ClFN4O3S. The molecule has 2 N–H and O–H groups in total. The maximum atomic E-state index is 13.7. The highest BCUT2D eigenvalue weighted by molar-refractivity contribution is 7.99. The number of nitrogens with zero attached hydrogens (tertiary/aromatic N) is 2. The molecule has 0 unspecified atom stereocenters. The summed E-state index contributed by atoms with van der Waals surface area (Å²) in [6.07, 6.45) is 0. The Morgan fingerprint density at radius 2 is 1.67 bits per heavy atom. The van der Waals surface area contributed by atoms with Gasteiger partial charge in [-0.3, -0.25) is 29.8 Å². The number of carbonyl (C=O) groups is 2. The zero-order chi connectivity index (χ0) is 23.4. The third-order valence-electron chi connectivity index (χ3n) is 4.60. The summed E-state index contributed by atoms with van der Waals surface area (Å²) in [6.45, 7) is 0. The van der Waals surface area contributed by atoms with E-state index in [9.17, 15) is 18.8 Å². The lowest BCUT2D eigenvalue weighted by Gasteiger charge is -2.14. The Labute approximate surface area is 196 Å². The molecule has 7 nitrogen and oxygen atoms in total. The molecule has 0 bridgehead atoms. The van der Waals surface area contributed by atoms with E-state index in [0.717, 1.165) is 17.8 Å². The minimum absolute atomic E-state index is 0.174. The monoisotopic (exact) mass is 482 g/mol. The van der Waals surface area contributed by atoms with Gasteiger partial charge in [-0.25, -0.2) is 9.37 Å². The van der Waals surface area contributed by atoms with E-state index in [-0.39, 0.29) is 22.0 Å². The summed E-state index contributed by atoms with van der Waals surface area (Å²) in [5, 5.41) is 1.01. The summed E-state index contributed by atoms with van der Waals surface area (Å²) >= 11 is 7.31. The van der Waals surface area contributed by atoms with Gasteiger partial charge >= 0.3 is 0 Å². The molecule has 3 aromatic carbocycles. The average molecular weight is 483 g/mol. The molecule has 4 aromatic rings. The van der Waals surface area contributed by atoms with Crippen molar-refractivity contribution in [2.75, 3.05) is 5.75 Å². The number of hydrogen-bond acceptors (Lipinski definition) is 5. The molecule has 0 aliphatic rings. The SMILES string of the molecule is O=C(CSc1nc2ccccc2c(=O)n1-c1ccccc1Cl)NNC(=O)c1ccccc1F. The van der Waals surface area contributed by atoms with Crippen LogP contribution in [-0.2, 0) is 4.79 Å². The van der Waals surface area contributed by atoms with Crippen LogP contribution in [0.2, 0.25) is 5.02 Å². The lowest BCUT2D eigenvalue weighted by Crippen LogP contribution is -2.42. The van der Waals surface area contributed by atoms with Gasteiger partial charge in [0.2, 0.25) is 5.91 Å². The minimum Gasteiger partial charge on any atom is -0.272 e. The van der Waals surface area contributed by atoms with Gasteiger partial charge < -0.3 is 0 Å². The van der Waals surface area contributed by atoms with E-state index in [0.29, 0.717) is 21.6 Å². The smallest absolute Gasteiger partial charge is 0.272 e. The second-order valence-corrected chi connectivity index (χ2v) is 8.12. The van der Waals surface area contributed by atoms with Crippen molar-refractivity contribution in [2.24, 2.45) is 0 Å². The molecule has 0 spiro atoms. The fourth-order valence-corrected chi connectivity index (χ4v) is 4.09. The second-order valence-electron chi connectivity index (χ2n) is 6.77. The van der Waals surface area contributed by atoms with Crippen molar-refractivity contribution in [3.8, 4) is 5.69 Å². The molecule has 166 valence electrons. The highest BCUT2D eigenvalue weighted by atomic mass is 35.5. The topological polar surface area (TPSA) is 93.1 Å². The Kier molecular flexibility index (Phi) is 6.71. The summed E-state index contributed by atoms with van der Waals surface area (Å²) in [7, 11) is 0. The fourth-order valence-electron chi connectivity index (χ4n) is 3.06. The first-order valence-corrected chi connectivity index (χ1v) is 11.1. The number of amides is 2. The highest BCUT2D eigenvalue weighted by Gasteiger charge is 2.17. The van der Waals surface area contributed by atoms with Crippen LogP contribution in [-0.4, -0.2) is 27.1 Å². The lowest BCUT2D eigenvalue weighted by atomic mass is 10.2. The normalized spacial score (nSPS) is 10.7. The number of carbonyl (C=O) groups excluding carboxylic acids is 2. The molecule has 1 heterocycles. The van der Waals surface area contributed by atoms with Gasteiger partial charge in [0.15, 0.2) is 5.16 Å². The van der Waals surface area contributed by atoms with Crippen molar-refractivity contribution in [1.82, 2.24) is 20.4 Å². The quantitative estimate of drug-likeness (QED) is 0.257. The first-order valence-electron chi connectivity index (χ1n) is 9.69. The number of hydrogen-bond donors (Lipinski definition) is 2. The molecule has 1 aromatic heterocycles. The third-order valence-corrected chi connectivity index (χ3v) is 5.86. The van der Waals surface area contributed by atoms with Crippen LogP contribution in [0.15, 0.2) is 82.7 Å². The largest absolute Gasteiger partial charge is 0.272 e. The van der Waals surface area contributed by atoms with Gasteiger partial charge in [0.05, 0.1) is 32.9 Å². The molecule has 0 saturated heterocycles. The Morgan fingerprint density at radius 1 is 0.970 bits per heavy atom. The number of thioether (sulfide) groups is 1. The van der Waals surface area contributed by atoms with Gasteiger partial charge in [0.25, 0.3) is 11.5 Å². The van der Waals surface area contributed by atoms with Crippen molar-refractivity contribution >= 4 is 46.1 Å². The Morgan fingerprint density at radius 3 is 2.45 bits per heavy atom. The zero-order valence-electron chi connectivity index (χ0n) is 16.9. The fraction of sp³-hybridized carbons (Fsp3) is 0.0435. The van der Waals surface area contributed by atoms with Crippen LogP contribution in [0.5, 0.6) is 0 Å². The lowest BCUT2D eigenvalue weighted by molar-refractivity contribution is -0.119. The molecule has 0 fully saturated rings. The van der Waals surface area contributed by atoms with Crippen LogP contribution < -0.4 is 16.4 Å². The Hall–Kier alpha value is -3.69. The number of rotatable bonds is 5. The minimum atomic E-state index is -0.789. The summed E-state index contributed by atoms with van der Waals surface area (Å²) in [6, 6.07) is 19.1. The van der Waals surface area contributed by atoms with Crippen molar-refractivity contribution in [2.45, 2.75) is 5.16 Å². The summed E-state index contributed by atoms with van der Waals surface area (Å²) in [5.74, 6) is -2.24. The predicted molar refractivity (Wildman–Crippen MR) is 125 cm³/mol. The van der Waals surface area contributed by atoms with E-state index in [1.807, 2.05) is 0 Å². The number of fused-ring (bicyclic) bond motifs is 1. The summed E-state index contributed by atoms with van der Waals surface area (Å²) < 4.78 is 15.1. The molecule has 10 heteroatoms. The van der Waals surface area contributed by atoms with Crippen molar-refractivity contribution in [3.63, 3.8) is 0 Å². The maximum Gasteiger partial charge on any atom is 0.272 e. The van der Waals surface area contributed by atoms with Crippen molar-refractivity contribution in [1.29, 1.82) is 0 Å². The van der Waals surface area contributed by atoms with E-state index >= 15 is 0 Å². The predicted octanol–water partition coefficient (Wildman–Crippen LogP) is 3.73. The van der Waals surface area contributed by atoms with Gasteiger partial charge in [-0.05, 0) is 36.4 Å². The summed E-state index contributed by atoms with van der Waals surface area (Å²) in [5.41, 5.74) is 4.78. The summed E-state index contributed by atoms with van der Waals surface area (Å²) in [4.78, 5) is 42.1. The van der Waals surface area contributed by atoms with Crippen LogP contribution in [0.4, 0.5) is 4.39 Å². The van der Waals surface area contributed by atoms with Crippen molar-refractivity contribution < 1.29 is 14.0 Å². The van der Waals surface area contributed by atoms with Gasteiger partial charge in [-0.2, -0.15) is 0 Å². The average Bonchev–Trinajstić information content (AvgIpc) is 2.82. The van der Waals surface area contributed by atoms with Crippen LogP contribution in [0.1, 0.15) is 10.4 Å². The second kappa shape index (κ2) is 9.85. The molecule has 0 saturated carbocycles.